The molecule has 0 aliphatic heterocycles. The standard InChI is InChI=1S/C18H19F3N2OS/c1-4-23(15-9-12(2)5-6-13(15)3)17(24)11-25-16-8-7-14(10-22-16)18(19,20)21/h5-10H,4,11H2,1-3H3. The zero-order valence-electron chi connectivity index (χ0n) is 14.2. The molecule has 0 bridgehead atoms. The molecule has 1 amide bonds. The first-order valence-corrected chi connectivity index (χ1v) is 8.74. The molecule has 25 heavy (non-hydrogen) atoms. The van der Waals surface area contributed by atoms with E-state index in [0.717, 1.165) is 40.8 Å². The smallest absolute Gasteiger partial charge is 0.312 e. The van der Waals surface area contributed by atoms with E-state index in [4.69, 9.17) is 0 Å². The Morgan fingerprint density at radius 3 is 2.48 bits per heavy atom. The molecule has 0 radical (unpaired) electrons. The number of pyridine rings is 1. The Hall–Kier alpha value is -2.02. The van der Waals surface area contributed by atoms with Crippen LogP contribution >= 0.6 is 11.8 Å². The van der Waals surface area contributed by atoms with Gasteiger partial charge in [0.05, 0.1) is 16.3 Å². The van der Waals surface area contributed by atoms with Gasteiger partial charge in [0.25, 0.3) is 0 Å². The average molecular weight is 368 g/mol. The SMILES string of the molecule is CCN(C(=O)CSc1ccc(C(F)(F)F)cn1)c1cc(C)ccc1C. The van der Waals surface area contributed by atoms with Gasteiger partial charge in [-0.3, -0.25) is 4.79 Å². The van der Waals surface area contributed by atoms with Crippen LogP contribution < -0.4 is 4.90 Å². The molecular formula is C18H19F3N2OS. The number of thioether (sulfide) groups is 1. The highest BCUT2D eigenvalue weighted by Crippen LogP contribution is 2.30. The lowest BCUT2D eigenvalue weighted by atomic mass is 10.1. The number of benzene rings is 1. The Kier molecular flexibility index (Phi) is 6.11. The van der Waals surface area contributed by atoms with Crippen molar-refractivity contribution in [1.29, 1.82) is 0 Å². The minimum Gasteiger partial charge on any atom is -0.312 e. The molecule has 3 nitrogen and oxygen atoms in total. The van der Waals surface area contributed by atoms with Gasteiger partial charge >= 0.3 is 6.18 Å². The largest absolute Gasteiger partial charge is 0.417 e. The van der Waals surface area contributed by atoms with Crippen molar-refractivity contribution in [3.63, 3.8) is 0 Å². The van der Waals surface area contributed by atoms with Gasteiger partial charge in [0.15, 0.2) is 0 Å². The van der Waals surface area contributed by atoms with Crippen LogP contribution in [0.5, 0.6) is 0 Å². The van der Waals surface area contributed by atoms with Crippen molar-refractivity contribution < 1.29 is 18.0 Å². The second kappa shape index (κ2) is 7.91. The molecule has 1 aromatic heterocycles. The molecule has 0 aliphatic carbocycles. The van der Waals surface area contributed by atoms with Crippen LogP contribution in [0.15, 0.2) is 41.6 Å². The molecule has 0 atom stereocenters. The van der Waals surface area contributed by atoms with E-state index in [-0.39, 0.29) is 11.7 Å². The minimum absolute atomic E-state index is 0.108. The predicted octanol–water partition coefficient (Wildman–Crippen LogP) is 4.86. The van der Waals surface area contributed by atoms with Crippen LogP contribution in [-0.2, 0) is 11.0 Å². The number of anilines is 1. The Labute approximate surface area is 149 Å². The number of carbonyl (C=O) groups excluding carboxylic acids is 1. The zero-order chi connectivity index (χ0) is 18.6. The van der Waals surface area contributed by atoms with Crippen LogP contribution in [0.3, 0.4) is 0 Å². The summed E-state index contributed by atoms with van der Waals surface area (Å²) in [7, 11) is 0. The second-order valence-corrected chi connectivity index (χ2v) is 6.60. The number of rotatable bonds is 5. The molecule has 1 heterocycles. The number of hydrogen-bond donors (Lipinski definition) is 0. The quantitative estimate of drug-likeness (QED) is 0.707. The molecule has 0 saturated heterocycles. The van der Waals surface area contributed by atoms with Crippen molar-refractivity contribution in [2.45, 2.75) is 32.0 Å². The van der Waals surface area contributed by atoms with E-state index in [9.17, 15) is 18.0 Å². The van der Waals surface area contributed by atoms with Gasteiger partial charge in [-0.25, -0.2) is 4.98 Å². The van der Waals surface area contributed by atoms with Crippen molar-refractivity contribution in [3.05, 3.63) is 53.2 Å². The molecule has 0 spiro atoms. The lowest BCUT2D eigenvalue weighted by molar-refractivity contribution is -0.137. The van der Waals surface area contributed by atoms with Crippen molar-refractivity contribution >= 4 is 23.4 Å². The van der Waals surface area contributed by atoms with Crippen molar-refractivity contribution in [1.82, 2.24) is 4.98 Å². The lowest BCUT2D eigenvalue weighted by Gasteiger charge is -2.23. The third-order valence-electron chi connectivity index (χ3n) is 3.68. The van der Waals surface area contributed by atoms with Gasteiger partial charge in [-0.05, 0) is 50.1 Å². The van der Waals surface area contributed by atoms with Crippen LogP contribution in [0.2, 0.25) is 0 Å². The van der Waals surface area contributed by atoms with Gasteiger partial charge in [0.2, 0.25) is 5.91 Å². The molecule has 7 heteroatoms. The summed E-state index contributed by atoms with van der Waals surface area (Å²) >= 11 is 1.13. The van der Waals surface area contributed by atoms with E-state index in [1.165, 1.54) is 6.07 Å². The number of aromatic nitrogens is 1. The number of halogens is 3. The van der Waals surface area contributed by atoms with Gasteiger partial charge in [-0.15, -0.1) is 0 Å². The Balaban J connectivity index is 2.06. The van der Waals surface area contributed by atoms with Gasteiger partial charge in [-0.1, -0.05) is 23.9 Å². The van der Waals surface area contributed by atoms with Crippen molar-refractivity contribution in [3.8, 4) is 0 Å². The van der Waals surface area contributed by atoms with Gasteiger partial charge < -0.3 is 4.90 Å². The maximum Gasteiger partial charge on any atom is 0.417 e. The highest BCUT2D eigenvalue weighted by atomic mass is 32.2. The summed E-state index contributed by atoms with van der Waals surface area (Å²) in [6, 6.07) is 8.16. The fourth-order valence-corrected chi connectivity index (χ4v) is 3.06. The fourth-order valence-electron chi connectivity index (χ4n) is 2.34. The summed E-state index contributed by atoms with van der Waals surface area (Å²) in [5.74, 6) is 0.00227. The molecular weight excluding hydrogens is 349 g/mol. The van der Waals surface area contributed by atoms with Gasteiger partial charge in [-0.2, -0.15) is 13.2 Å². The van der Waals surface area contributed by atoms with E-state index < -0.39 is 11.7 Å². The monoisotopic (exact) mass is 368 g/mol. The van der Waals surface area contributed by atoms with Crippen LogP contribution in [0, 0.1) is 13.8 Å². The molecule has 0 fully saturated rings. The van der Waals surface area contributed by atoms with Crippen molar-refractivity contribution in [2.75, 3.05) is 17.2 Å². The molecule has 134 valence electrons. The molecule has 0 aliphatic rings. The molecule has 1 aromatic carbocycles. The number of amides is 1. The first-order chi connectivity index (χ1) is 11.7. The van der Waals surface area contributed by atoms with Crippen molar-refractivity contribution in [2.24, 2.45) is 0 Å². The number of alkyl halides is 3. The first kappa shape index (κ1) is 19.3. The summed E-state index contributed by atoms with van der Waals surface area (Å²) in [5.41, 5.74) is 2.12. The summed E-state index contributed by atoms with van der Waals surface area (Å²) in [6.45, 7) is 6.31. The maximum absolute atomic E-state index is 12.5. The number of hydrogen-bond acceptors (Lipinski definition) is 3. The van der Waals surface area contributed by atoms with Crippen LogP contribution in [0.1, 0.15) is 23.6 Å². The maximum atomic E-state index is 12.5. The van der Waals surface area contributed by atoms with E-state index in [2.05, 4.69) is 4.98 Å². The Morgan fingerprint density at radius 1 is 1.20 bits per heavy atom. The summed E-state index contributed by atoms with van der Waals surface area (Å²) in [6.07, 6.45) is -3.62. The summed E-state index contributed by atoms with van der Waals surface area (Å²) in [4.78, 5) is 18.0. The fraction of sp³-hybridized carbons (Fsp3) is 0.333. The molecule has 0 saturated carbocycles. The zero-order valence-corrected chi connectivity index (χ0v) is 15.0. The Bertz CT molecular complexity index is 745. The number of aryl methyl sites for hydroxylation is 2. The highest BCUT2D eigenvalue weighted by molar-refractivity contribution is 7.99. The van der Waals surface area contributed by atoms with Crippen LogP contribution in [0.4, 0.5) is 18.9 Å². The van der Waals surface area contributed by atoms with E-state index >= 15 is 0 Å². The van der Waals surface area contributed by atoms with E-state index in [1.807, 2.05) is 39.0 Å². The molecule has 0 unspecified atom stereocenters. The molecule has 0 N–H and O–H groups in total. The molecule has 2 aromatic rings. The van der Waals surface area contributed by atoms with Gasteiger partial charge in [0, 0.05) is 18.4 Å². The molecule has 2 rings (SSSR count). The van der Waals surface area contributed by atoms with E-state index in [1.54, 1.807) is 4.90 Å². The summed E-state index contributed by atoms with van der Waals surface area (Å²) in [5, 5.41) is 0.387. The van der Waals surface area contributed by atoms with Crippen LogP contribution in [0.25, 0.3) is 0 Å². The third kappa shape index (κ3) is 4.98. The number of carbonyl (C=O) groups is 1. The predicted molar refractivity (Wildman–Crippen MR) is 93.9 cm³/mol. The van der Waals surface area contributed by atoms with E-state index in [0.29, 0.717) is 11.6 Å². The van der Waals surface area contributed by atoms with Crippen LogP contribution in [-0.4, -0.2) is 23.2 Å². The first-order valence-electron chi connectivity index (χ1n) is 7.76. The number of nitrogens with zero attached hydrogens (tertiary/aromatic N) is 2. The normalized spacial score (nSPS) is 11.4. The summed E-state index contributed by atoms with van der Waals surface area (Å²) < 4.78 is 37.6. The average Bonchev–Trinajstić information content (AvgIpc) is 2.56. The second-order valence-electron chi connectivity index (χ2n) is 5.60. The minimum atomic E-state index is -4.41. The third-order valence-corrected chi connectivity index (χ3v) is 4.61. The Morgan fingerprint density at radius 2 is 1.92 bits per heavy atom. The topological polar surface area (TPSA) is 33.2 Å². The lowest BCUT2D eigenvalue weighted by Crippen LogP contribution is -2.32. The highest BCUT2D eigenvalue weighted by Gasteiger charge is 2.30. The van der Waals surface area contributed by atoms with Gasteiger partial charge in [0.1, 0.15) is 0 Å².